The van der Waals surface area contributed by atoms with Gasteiger partial charge in [0.05, 0.1) is 4.92 Å². The van der Waals surface area contributed by atoms with Gasteiger partial charge in [-0.2, -0.15) is 0 Å². The molecule has 0 bridgehead atoms. The number of rotatable bonds is 6. The van der Waals surface area contributed by atoms with Crippen LogP contribution in [0.15, 0.2) is 18.2 Å². The van der Waals surface area contributed by atoms with Gasteiger partial charge in [0.1, 0.15) is 5.69 Å². The molecule has 1 rings (SSSR count). The van der Waals surface area contributed by atoms with E-state index >= 15 is 0 Å². The van der Waals surface area contributed by atoms with E-state index in [9.17, 15) is 10.1 Å². The van der Waals surface area contributed by atoms with Crippen LogP contribution in [0.4, 0.5) is 11.4 Å². The van der Waals surface area contributed by atoms with Crippen LogP contribution in [-0.2, 0) is 0 Å². The molecule has 0 saturated heterocycles. The van der Waals surface area contributed by atoms with E-state index in [2.05, 4.69) is 26.1 Å². The summed E-state index contributed by atoms with van der Waals surface area (Å²) in [5.41, 5.74) is 1.68. The molecule has 100 valence electrons. The number of aryl methyl sites for hydroxylation is 1. The minimum Gasteiger partial charge on any atom is -0.377 e. The number of nitro benzene ring substituents is 1. The van der Waals surface area contributed by atoms with E-state index in [1.807, 2.05) is 13.0 Å². The number of benzene rings is 1. The van der Waals surface area contributed by atoms with Crippen molar-refractivity contribution in [2.24, 2.45) is 5.92 Å². The highest BCUT2D eigenvalue weighted by Crippen LogP contribution is 2.27. The van der Waals surface area contributed by atoms with Crippen molar-refractivity contribution in [3.63, 3.8) is 0 Å². The summed E-state index contributed by atoms with van der Waals surface area (Å²) in [5.74, 6) is 0.533. The SMILES string of the molecule is CCC(CC)C(C)Nc1ccc(C)cc1[N+](=O)[O-]. The summed E-state index contributed by atoms with van der Waals surface area (Å²) >= 11 is 0. The van der Waals surface area contributed by atoms with Gasteiger partial charge >= 0.3 is 0 Å². The fourth-order valence-corrected chi connectivity index (χ4v) is 2.27. The van der Waals surface area contributed by atoms with Gasteiger partial charge in [-0.25, -0.2) is 0 Å². The molecule has 4 heteroatoms. The van der Waals surface area contributed by atoms with E-state index in [1.54, 1.807) is 12.1 Å². The first-order chi connectivity index (χ1) is 8.49. The summed E-state index contributed by atoms with van der Waals surface area (Å²) in [7, 11) is 0. The molecule has 0 saturated carbocycles. The number of anilines is 1. The molecule has 0 aromatic heterocycles. The largest absolute Gasteiger partial charge is 0.377 e. The summed E-state index contributed by atoms with van der Waals surface area (Å²) in [6, 6.07) is 5.55. The summed E-state index contributed by atoms with van der Waals surface area (Å²) in [4.78, 5) is 10.7. The lowest BCUT2D eigenvalue weighted by atomic mass is 9.95. The maximum Gasteiger partial charge on any atom is 0.292 e. The Kier molecular flexibility index (Phi) is 5.13. The van der Waals surface area contributed by atoms with Crippen LogP contribution < -0.4 is 5.32 Å². The number of hydrogen-bond acceptors (Lipinski definition) is 3. The molecule has 0 aliphatic heterocycles. The standard InChI is InChI=1S/C14H22N2O2/c1-5-12(6-2)11(4)15-13-8-7-10(3)9-14(13)16(17)18/h7-9,11-12,15H,5-6H2,1-4H3. The van der Waals surface area contributed by atoms with Crippen LogP contribution in [-0.4, -0.2) is 11.0 Å². The van der Waals surface area contributed by atoms with Crippen molar-refractivity contribution < 1.29 is 4.92 Å². The maximum atomic E-state index is 11.0. The van der Waals surface area contributed by atoms with E-state index in [-0.39, 0.29) is 16.7 Å². The molecule has 1 unspecified atom stereocenters. The third kappa shape index (κ3) is 3.45. The second kappa shape index (κ2) is 6.38. The van der Waals surface area contributed by atoms with E-state index in [1.165, 1.54) is 0 Å². The Hall–Kier alpha value is -1.58. The van der Waals surface area contributed by atoms with Crippen molar-refractivity contribution in [1.29, 1.82) is 0 Å². The summed E-state index contributed by atoms with van der Waals surface area (Å²) in [6.45, 7) is 8.24. The van der Waals surface area contributed by atoms with Crippen molar-refractivity contribution in [2.45, 2.75) is 46.6 Å². The van der Waals surface area contributed by atoms with Gasteiger partial charge in [-0.1, -0.05) is 32.8 Å². The minimum atomic E-state index is -0.324. The van der Waals surface area contributed by atoms with Gasteiger partial charge in [-0.05, 0) is 31.4 Å². The molecule has 1 atom stereocenters. The predicted octanol–water partition coefficient (Wildman–Crippen LogP) is 4.14. The van der Waals surface area contributed by atoms with E-state index < -0.39 is 0 Å². The highest BCUT2D eigenvalue weighted by molar-refractivity contribution is 5.62. The summed E-state index contributed by atoms with van der Waals surface area (Å²) in [6.07, 6.45) is 2.15. The van der Waals surface area contributed by atoms with Crippen LogP contribution in [0.3, 0.4) is 0 Å². The van der Waals surface area contributed by atoms with Crippen molar-refractivity contribution in [3.8, 4) is 0 Å². The van der Waals surface area contributed by atoms with E-state index in [0.29, 0.717) is 11.6 Å². The van der Waals surface area contributed by atoms with Gasteiger partial charge < -0.3 is 5.32 Å². The predicted molar refractivity (Wildman–Crippen MR) is 75.0 cm³/mol. The number of nitro groups is 1. The van der Waals surface area contributed by atoms with Crippen molar-refractivity contribution in [2.75, 3.05) is 5.32 Å². The smallest absolute Gasteiger partial charge is 0.292 e. The van der Waals surface area contributed by atoms with E-state index in [0.717, 1.165) is 18.4 Å². The van der Waals surface area contributed by atoms with Crippen molar-refractivity contribution in [1.82, 2.24) is 0 Å². The first-order valence-corrected chi connectivity index (χ1v) is 6.51. The molecule has 0 radical (unpaired) electrons. The Bertz CT molecular complexity index is 414. The second-order valence-corrected chi connectivity index (χ2v) is 4.79. The molecule has 0 aliphatic carbocycles. The number of nitrogens with zero attached hydrogens (tertiary/aromatic N) is 1. The molecule has 0 aliphatic rings. The van der Waals surface area contributed by atoms with Crippen LogP contribution in [0, 0.1) is 23.0 Å². The first-order valence-electron chi connectivity index (χ1n) is 6.51. The molecule has 0 heterocycles. The Labute approximate surface area is 109 Å². The molecule has 18 heavy (non-hydrogen) atoms. The number of hydrogen-bond donors (Lipinski definition) is 1. The van der Waals surface area contributed by atoms with Gasteiger partial charge in [-0.3, -0.25) is 10.1 Å². The van der Waals surface area contributed by atoms with Crippen LogP contribution >= 0.6 is 0 Å². The average Bonchev–Trinajstić information content (AvgIpc) is 2.32. The first kappa shape index (κ1) is 14.5. The third-order valence-electron chi connectivity index (χ3n) is 3.49. The Morgan fingerprint density at radius 2 is 1.94 bits per heavy atom. The monoisotopic (exact) mass is 250 g/mol. The molecule has 4 nitrogen and oxygen atoms in total. The molecule has 1 N–H and O–H groups in total. The van der Waals surface area contributed by atoms with Crippen molar-refractivity contribution in [3.05, 3.63) is 33.9 Å². The summed E-state index contributed by atoms with van der Waals surface area (Å²) < 4.78 is 0. The Balaban J connectivity index is 2.93. The zero-order valence-corrected chi connectivity index (χ0v) is 11.6. The van der Waals surface area contributed by atoms with Crippen LogP contribution in [0.2, 0.25) is 0 Å². The average molecular weight is 250 g/mol. The summed E-state index contributed by atoms with van der Waals surface area (Å²) in [5, 5.41) is 14.3. The van der Waals surface area contributed by atoms with Crippen LogP contribution in [0.1, 0.15) is 39.2 Å². The van der Waals surface area contributed by atoms with Gasteiger partial charge in [-0.15, -0.1) is 0 Å². The third-order valence-corrected chi connectivity index (χ3v) is 3.49. The fourth-order valence-electron chi connectivity index (χ4n) is 2.27. The fraction of sp³-hybridized carbons (Fsp3) is 0.571. The molecule has 0 amide bonds. The second-order valence-electron chi connectivity index (χ2n) is 4.79. The minimum absolute atomic E-state index is 0.160. The lowest BCUT2D eigenvalue weighted by Crippen LogP contribution is -2.25. The Morgan fingerprint density at radius 1 is 1.33 bits per heavy atom. The zero-order chi connectivity index (χ0) is 13.7. The quantitative estimate of drug-likeness (QED) is 0.609. The molecule has 0 fully saturated rings. The van der Waals surface area contributed by atoms with Gasteiger partial charge in [0, 0.05) is 12.1 Å². The van der Waals surface area contributed by atoms with Crippen molar-refractivity contribution >= 4 is 11.4 Å². The highest BCUT2D eigenvalue weighted by Gasteiger charge is 2.18. The van der Waals surface area contributed by atoms with Gasteiger partial charge in [0.2, 0.25) is 0 Å². The number of nitrogens with one attached hydrogen (secondary N) is 1. The zero-order valence-electron chi connectivity index (χ0n) is 11.6. The van der Waals surface area contributed by atoms with Crippen LogP contribution in [0.25, 0.3) is 0 Å². The molecular weight excluding hydrogens is 228 g/mol. The van der Waals surface area contributed by atoms with E-state index in [4.69, 9.17) is 0 Å². The topological polar surface area (TPSA) is 55.2 Å². The molecular formula is C14H22N2O2. The maximum absolute atomic E-state index is 11.0. The normalized spacial score (nSPS) is 12.5. The highest BCUT2D eigenvalue weighted by atomic mass is 16.6. The lowest BCUT2D eigenvalue weighted by Gasteiger charge is -2.23. The molecule has 1 aromatic carbocycles. The lowest BCUT2D eigenvalue weighted by molar-refractivity contribution is -0.384. The molecule has 1 aromatic rings. The molecule has 0 spiro atoms. The van der Waals surface area contributed by atoms with Gasteiger partial charge in [0.15, 0.2) is 0 Å². The van der Waals surface area contributed by atoms with Crippen LogP contribution in [0.5, 0.6) is 0 Å². The van der Waals surface area contributed by atoms with Gasteiger partial charge in [0.25, 0.3) is 5.69 Å². The Morgan fingerprint density at radius 3 is 2.44 bits per heavy atom.